The molecule has 0 amide bonds. The molecule has 0 bridgehead atoms. The van der Waals surface area contributed by atoms with Crippen LogP contribution in [0.15, 0.2) is 148 Å². The Morgan fingerprint density at radius 2 is 1.02 bits per heavy atom. The van der Waals surface area contributed by atoms with Gasteiger partial charge in [0, 0.05) is 27.6 Å². The van der Waals surface area contributed by atoms with Crippen LogP contribution in [-0.4, -0.2) is 14.5 Å². The minimum Gasteiger partial charge on any atom is -0.436 e. The zero-order valence-electron chi connectivity index (χ0n) is 27.6. The summed E-state index contributed by atoms with van der Waals surface area (Å²) in [5, 5.41) is 1.94. The van der Waals surface area contributed by atoms with Crippen molar-refractivity contribution in [2.75, 3.05) is 0 Å². The summed E-state index contributed by atoms with van der Waals surface area (Å²) in [6.45, 7) is 0. The second kappa shape index (κ2) is 9.29. The van der Waals surface area contributed by atoms with Gasteiger partial charge in [0.05, 0.1) is 17.9 Å². The molecule has 0 radical (unpaired) electrons. The lowest BCUT2D eigenvalue weighted by Gasteiger charge is -2.10. The van der Waals surface area contributed by atoms with Gasteiger partial charge in [0.25, 0.3) is 0 Å². The number of hydrogen-bond donors (Lipinski definition) is 0. The smallest absolute Gasteiger partial charge is 0.227 e. The van der Waals surface area contributed by atoms with Gasteiger partial charge in [-0.25, -0.2) is 9.97 Å². The summed E-state index contributed by atoms with van der Waals surface area (Å²) in [4.78, 5) is 9.45. The third kappa shape index (κ3) is 3.86. The highest BCUT2D eigenvalue weighted by atomic mass is 16.4. The van der Waals surface area contributed by atoms with Crippen molar-refractivity contribution in [1.29, 1.82) is 0 Å². The van der Waals surface area contributed by atoms with Crippen LogP contribution >= 0.6 is 0 Å². The van der Waals surface area contributed by atoms with Crippen LogP contribution in [0.3, 0.4) is 0 Å². The predicted molar refractivity (Wildman–Crippen MR) is 172 cm³/mol. The molecule has 6 aromatic carbocycles. The van der Waals surface area contributed by atoms with Crippen molar-refractivity contribution < 1.29 is 15.7 Å². The molecule has 3 heterocycles. The first kappa shape index (κ1) is 19.2. The van der Waals surface area contributed by atoms with Crippen molar-refractivity contribution >= 4 is 44.0 Å². The number of para-hydroxylation sites is 4. The first-order valence-corrected chi connectivity index (χ1v) is 13.8. The van der Waals surface area contributed by atoms with Crippen molar-refractivity contribution in [2.24, 2.45) is 0 Å². The van der Waals surface area contributed by atoms with E-state index in [2.05, 4.69) is 16.7 Å². The average molecular weight is 559 g/mol. The quantitative estimate of drug-likeness (QED) is 0.216. The molecule has 5 heteroatoms. The fourth-order valence-electron chi connectivity index (χ4n) is 5.73. The fourth-order valence-corrected chi connectivity index (χ4v) is 5.73. The van der Waals surface area contributed by atoms with Gasteiger partial charge < -0.3 is 13.4 Å². The summed E-state index contributed by atoms with van der Waals surface area (Å²) >= 11 is 0. The molecule has 202 valence electrons. The highest BCUT2D eigenvalue weighted by Gasteiger charge is 2.18. The van der Waals surface area contributed by atoms with Crippen molar-refractivity contribution in [1.82, 2.24) is 14.5 Å². The summed E-state index contributed by atoms with van der Waals surface area (Å²) in [5.74, 6) is 1.05. The van der Waals surface area contributed by atoms with E-state index in [0.29, 0.717) is 28.5 Å². The van der Waals surface area contributed by atoms with Crippen LogP contribution in [0.1, 0.15) is 6.85 Å². The molecule has 0 atom stereocenters. The Balaban J connectivity index is 1.24. The lowest BCUT2D eigenvalue weighted by Crippen LogP contribution is -1.94. The molecule has 0 aliphatic rings. The molecule has 9 rings (SSSR count). The number of hydrogen-bond acceptors (Lipinski definition) is 4. The maximum atomic E-state index is 8.43. The first-order valence-electron chi connectivity index (χ1n) is 16.3. The Morgan fingerprint density at radius 3 is 1.56 bits per heavy atom. The summed E-state index contributed by atoms with van der Waals surface area (Å²) in [5.41, 5.74) is 8.09. The van der Waals surface area contributed by atoms with E-state index in [-0.39, 0.29) is 29.7 Å². The van der Waals surface area contributed by atoms with E-state index in [1.165, 1.54) is 0 Å². The molecular formula is C38H23N3O2. The van der Waals surface area contributed by atoms with E-state index in [0.717, 1.165) is 49.7 Å². The van der Waals surface area contributed by atoms with Crippen LogP contribution in [0.25, 0.3) is 83.7 Å². The first-order chi connectivity index (χ1) is 23.4. The number of fused-ring (bicyclic) bond motifs is 5. The Bertz CT molecular complexity index is 2520. The van der Waals surface area contributed by atoms with E-state index in [9.17, 15) is 0 Å². The lowest BCUT2D eigenvalue weighted by atomic mass is 10.1. The minimum absolute atomic E-state index is 0.167. The largest absolute Gasteiger partial charge is 0.436 e. The number of oxazole rings is 2. The molecule has 0 unspecified atom stereocenters. The predicted octanol–water partition coefficient (Wildman–Crippen LogP) is 10.1. The minimum atomic E-state index is -0.412. The number of aromatic nitrogens is 3. The molecule has 0 fully saturated rings. The maximum Gasteiger partial charge on any atom is 0.227 e. The van der Waals surface area contributed by atoms with Crippen LogP contribution in [0.5, 0.6) is 0 Å². The summed E-state index contributed by atoms with van der Waals surface area (Å²) in [6, 6.07) is 33.4. The van der Waals surface area contributed by atoms with Gasteiger partial charge in [-0.3, -0.25) is 0 Å². The third-order valence-electron chi connectivity index (χ3n) is 7.76. The zero-order chi connectivity index (χ0) is 32.7. The summed E-state index contributed by atoms with van der Waals surface area (Å²) in [6.07, 6.45) is 0. The second-order valence-electron chi connectivity index (χ2n) is 10.3. The summed E-state index contributed by atoms with van der Waals surface area (Å²) < 4.78 is 55.4. The fraction of sp³-hybridized carbons (Fsp3) is 0. The zero-order valence-corrected chi connectivity index (χ0v) is 22.6. The lowest BCUT2D eigenvalue weighted by molar-refractivity contribution is 0.619. The Hall–Kier alpha value is -5.94. The van der Waals surface area contributed by atoms with Crippen LogP contribution in [0, 0.1) is 0 Å². The van der Waals surface area contributed by atoms with Crippen LogP contribution in [0.4, 0.5) is 0 Å². The van der Waals surface area contributed by atoms with E-state index in [4.69, 9.17) is 25.7 Å². The molecule has 0 saturated carbocycles. The topological polar surface area (TPSA) is 57.0 Å². The molecule has 0 spiro atoms. The van der Waals surface area contributed by atoms with Crippen molar-refractivity contribution in [3.8, 4) is 39.7 Å². The van der Waals surface area contributed by atoms with Crippen molar-refractivity contribution in [3.63, 3.8) is 0 Å². The SMILES string of the molecule is [2H]c1c([2H])c([2H])c(-c2ccc(-n3c4ccc(-c5nc6ccccc6o5)cc4c4cc(-c5nc6ccccc6o5)ccc43)cc2)c([2H])c1[2H]. The number of benzene rings is 6. The normalized spacial score (nSPS) is 13.3. The van der Waals surface area contributed by atoms with E-state index in [1.807, 2.05) is 84.9 Å². The van der Waals surface area contributed by atoms with Gasteiger partial charge in [0.1, 0.15) is 11.0 Å². The van der Waals surface area contributed by atoms with Crippen molar-refractivity contribution in [2.45, 2.75) is 0 Å². The number of nitrogens with zero attached hydrogens (tertiary/aromatic N) is 3. The highest BCUT2D eigenvalue weighted by molar-refractivity contribution is 6.11. The standard InChI is InChI=1S/C38H23N3O2/c1-2-8-24(9-3-1)25-14-18-28(19-15-25)41-33-20-16-26(37-39-31-10-4-6-12-35(31)42-37)22-29(33)30-23-27(17-21-34(30)41)38-40-32-11-5-7-13-36(32)43-38/h1-23H/i1D,2D,3D,8D,9D. The maximum absolute atomic E-state index is 8.43. The van der Waals surface area contributed by atoms with Gasteiger partial charge in [-0.05, 0) is 83.9 Å². The third-order valence-corrected chi connectivity index (χ3v) is 7.76. The molecule has 3 aromatic heterocycles. The highest BCUT2D eigenvalue weighted by Crippen LogP contribution is 2.38. The Labute approximate surface area is 253 Å². The summed E-state index contributed by atoms with van der Waals surface area (Å²) in [7, 11) is 0. The van der Waals surface area contributed by atoms with Gasteiger partial charge in [0.2, 0.25) is 11.8 Å². The molecule has 0 aliphatic carbocycles. The van der Waals surface area contributed by atoms with Gasteiger partial charge in [-0.15, -0.1) is 0 Å². The van der Waals surface area contributed by atoms with Crippen LogP contribution in [0.2, 0.25) is 0 Å². The van der Waals surface area contributed by atoms with Crippen LogP contribution < -0.4 is 0 Å². The van der Waals surface area contributed by atoms with Gasteiger partial charge in [-0.1, -0.05) is 66.6 Å². The Kier molecular flexibility index (Phi) is 4.16. The van der Waals surface area contributed by atoms with Crippen LogP contribution in [-0.2, 0) is 0 Å². The Morgan fingerprint density at radius 1 is 0.512 bits per heavy atom. The van der Waals surface area contributed by atoms with Gasteiger partial charge >= 0.3 is 0 Å². The van der Waals surface area contributed by atoms with Gasteiger partial charge in [-0.2, -0.15) is 0 Å². The van der Waals surface area contributed by atoms with E-state index >= 15 is 0 Å². The number of rotatable bonds is 4. The van der Waals surface area contributed by atoms with E-state index < -0.39 is 6.04 Å². The monoisotopic (exact) mass is 558 g/mol. The molecular weight excluding hydrogens is 530 g/mol. The molecule has 0 aliphatic heterocycles. The molecule has 5 nitrogen and oxygen atoms in total. The molecule has 9 aromatic rings. The van der Waals surface area contributed by atoms with Gasteiger partial charge in [0.15, 0.2) is 11.2 Å². The average Bonchev–Trinajstić information content (AvgIpc) is 3.84. The van der Waals surface area contributed by atoms with E-state index in [1.54, 1.807) is 12.1 Å². The molecule has 0 N–H and O–H groups in total. The molecule has 43 heavy (non-hydrogen) atoms. The molecule has 0 saturated heterocycles. The van der Waals surface area contributed by atoms with Crippen molar-refractivity contribution in [3.05, 3.63) is 139 Å². The second-order valence-corrected chi connectivity index (χ2v) is 10.3.